The van der Waals surface area contributed by atoms with E-state index in [1.165, 1.54) is 12.1 Å². The van der Waals surface area contributed by atoms with E-state index in [1.807, 2.05) is 16.9 Å². The van der Waals surface area contributed by atoms with E-state index in [1.54, 1.807) is 36.5 Å². The number of carbonyl (C=O) groups is 5. The lowest BCUT2D eigenvalue weighted by molar-refractivity contribution is -0.164. The number of amides is 5. The van der Waals surface area contributed by atoms with Gasteiger partial charge in [-0.05, 0) is 61.7 Å². The van der Waals surface area contributed by atoms with Crippen molar-refractivity contribution < 1.29 is 33.4 Å². The summed E-state index contributed by atoms with van der Waals surface area (Å²) in [5.41, 5.74) is 2.55. The van der Waals surface area contributed by atoms with Gasteiger partial charge in [0.15, 0.2) is 0 Å². The van der Waals surface area contributed by atoms with Crippen molar-refractivity contribution in [3.8, 4) is 17.6 Å². The van der Waals surface area contributed by atoms with E-state index in [-0.39, 0.29) is 42.0 Å². The smallest absolute Gasteiger partial charge is 0.262 e. The number of anilines is 1. The van der Waals surface area contributed by atoms with Gasteiger partial charge in [0.1, 0.15) is 35.5 Å². The number of ether oxygens (including phenoxy) is 2. The highest BCUT2D eigenvalue weighted by atomic mass is 35.5. The maximum absolute atomic E-state index is 13.4. The second kappa shape index (κ2) is 15.2. The Morgan fingerprint density at radius 1 is 0.983 bits per heavy atom. The summed E-state index contributed by atoms with van der Waals surface area (Å²) >= 11 is 6.24. The number of nitrogens with one attached hydrogen (secondary N) is 2. The Morgan fingerprint density at radius 3 is 2.44 bits per heavy atom. The molecule has 1 aliphatic carbocycles. The van der Waals surface area contributed by atoms with Gasteiger partial charge in [0, 0.05) is 60.4 Å². The predicted octanol–water partition coefficient (Wildman–Crippen LogP) is 5.20. The number of benzene rings is 2. The van der Waals surface area contributed by atoms with E-state index in [4.69, 9.17) is 26.2 Å². The number of carbonyl (C=O) groups excluding carboxylic acids is 5. The first kappa shape index (κ1) is 39.6. The summed E-state index contributed by atoms with van der Waals surface area (Å²) in [5.74, 6) is -0.617. The quantitative estimate of drug-likeness (QED) is 0.141. The number of rotatable bonds is 12. The van der Waals surface area contributed by atoms with E-state index in [0.717, 1.165) is 34.8 Å². The van der Waals surface area contributed by atoms with Gasteiger partial charge >= 0.3 is 0 Å². The van der Waals surface area contributed by atoms with Crippen molar-refractivity contribution in [2.45, 2.75) is 91.2 Å². The van der Waals surface area contributed by atoms with Crippen LogP contribution in [-0.2, 0) is 29.2 Å². The molecule has 3 aliphatic heterocycles. The summed E-state index contributed by atoms with van der Waals surface area (Å²) in [5, 5.41) is 19.7. The number of hydrogen-bond acceptors (Lipinski definition) is 11. The van der Waals surface area contributed by atoms with E-state index in [9.17, 15) is 29.2 Å². The van der Waals surface area contributed by atoms with Crippen molar-refractivity contribution in [2.24, 2.45) is 10.8 Å². The molecule has 0 radical (unpaired) electrons. The van der Waals surface area contributed by atoms with Crippen molar-refractivity contribution in [3.05, 3.63) is 99.5 Å². The molecule has 59 heavy (non-hydrogen) atoms. The van der Waals surface area contributed by atoms with Gasteiger partial charge in [-0.25, -0.2) is 4.98 Å². The van der Waals surface area contributed by atoms with Gasteiger partial charge in [0.25, 0.3) is 17.7 Å². The number of halogens is 1. The van der Waals surface area contributed by atoms with Crippen LogP contribution in [0.2, 0.25) is 5.02 Å². The molecule has 5 amide bonds. The molecular weight excluding hydrogens is 776 g/mol. The van der Waals surface area contributed by atoms with Gasteiger partial charge < -0.3 is 19.7 Å². The molecule has 4 aliphatic rings. The lowest BCUT2D eigenvalue weighted by atomic mass is 9.49. The predicted molar refractivity (Wildman–Crippen MR) is 214 cm³/mol. The van der Waals surface area contributed by atoms with Gasteiger partial charge in [-0.1, -0.05) is 39.3 Å². The highest BCUT2D eigenvalue weighted by Crippen LogP contribution is 2.55. The average molecular weight is 819 g/mol. The van der Waals surface area contributed by atoms with Crippen molar-refractivity contribution in [1.82, 2.24) is 30.3 Å². The van der Waals surface area contributed by atoms with Crippen LogP contribution < -0.4 is 25.0 Å². The first-order valence-electron chi connectivity index (χ1n) is 19.6. The second-order valence-corrected chi connectivity index (χ2v) is 17.0. The zero-order valence-electron chi connectivity index (χ0n) is 33.1. The molecule has 4 aromatic rings. The summed E-state index contributed by atoms with van der Waals surface area (Å²) in [6, 6.07) is 14.2. The molecule has 2 aromatic heterocycles. The number of piperidine rings is 1. The minimum absolute atomic E-state index is 0.0618. The molecule has 1 unspecified atom stereocenters. The summed E-state index contributed by atoms with van der Waals surface area (Å²) in [7, 11) is 0. The van der Waals surface area contributed by atoms with Crippen molar-refractivity contribution >= 4 is 47.0 Å². The zero-order valence-corrected chi connectivity index (χ0v) is 33.8. The molecule has 2 fully saturated rings. The summed E-state index contributed by atoms with van der Waals surface area (Å²) < 4.78 is 14.2. The Hall–Kier alpha value is -6.27. The molecule has 2 N–H and O–H groups in total. The van der Waals surface area contributed by atoms with E-state index >= 15 is 0 Å². The van der Waals surface area contributed by atoms with Crippen LogP contribution in [0.5, 0.6) is 11.5 Å². The zero-order chi connectivity index (χ0) is 41.8. The molecule has 1 atom stereocenters. The number of nitrogens with zero attached hydrogens (tertiary/aromatic N) is 6. The lowest BCUT2D eigenvalue weighted by Gasteiger charge is -2.63. The van der Waals surface area contributed by atoms with Gasteiger partial charge in [-0.3, -0.25) is 38.9 Å². The van der Waals surface area contributed by atoms with Gasteiger partial charge in [0.2, 0.25) is 11.8 Å². The Kier molecular flexibility index (Phi) is 10.2. The molecule has 1 saturated heterocycles. The SMILES string of the molecule is CC1(C)C(NC(=O)c2ccc(N3Cc4cn(CCCCOc5ccc6c(c5)C(=O)N(C5CCC(=O)NC5=O)C6=O)nc4C3)nc2)C(C)(C)C1Oc1ccc(C#N)c(Cl)c1. The van der Waals surface area contributed by atoms with Crippen molar-refractivity contribution in [3.63, 3.8) is 0 Å². The van der Waals surface area contributed by atoms with Crippen molar-refractivity contribution in [2.75, 3.05) is 11.5 Å². The first-order chi connectivity index (χ1) is 28.1. The average Bonchev–Trinajstić information content (AvgIpc) is 3.85. The molecular formula is C43H43ClN8O7. The Labute approximate surface area is 345 Å². The number of imide groups is 2. The van der Waals surface area contributed by atoms with Gasteiger partial charge in [-0.2, -0.15) is 10.4 Å². The van der Waals surface area contributed by atoms with Crippen LogP contribution in [0.4, 0.5) is 5.82 Å². The monoisotopic (exact) mass is 818 g/mol. The highest BCUT2D eigenvalue weighted by Gasteiger charge is 2.64. The molecule has 0 bridgehead atoms. The first-order valence-corrected chi connectivity index (χ1v) is 20.0. The molecule has 5 heterocycles. The molecule has 0 spiro atoms. The highest BCUT2D eigenvalue weighted by molar-refractivity contribution is 6.31. The van der Waals surface area contributed by atoms with Crippen LogP contribution in [0.15, 0.2) is 60.9 Å². The Morgan fingerprint density at radius 2 is 1.75 bits per heavy atom. The number of unbranched alkanes of at least 4 members (excludes halogenated alkanes) is 1. The minimum Gasteiger partial charge on any atom is -0.494 e. The van der Waals surface area contributed by atoms with E-state index in [2.05, 4.69) is 54.3 Å². The van der Waals surface area contributed by atoms with Crippen LogP contribution in [-0.4, -0.2) is 74.0 Å². The number of hydrogen-bond donors (Lipinski definition) is 2. The number of aromatic nitrogens is 3. The molecule has 304 valence electrons. The number of aryl methyl sites for hydroxylation is 1. The molecule has 16 heteroatoms. The topological polar surface area (TPSA) is 189 Å². The third kappa shape index (κ3) is 7.26. The fraction of sp³-hybridized carbons (Fsp3) is 0.395. The Balaban J connectivity index is 0.784. The molecule has 1 saturated carbocycles. The fourth-order valence-corrected chi connectivity index (χ4v) is 9.32. The lowest BCUT2D eigenvalue weighted by Crippen LogP contribution is -2.74. The van der Waals surface area contributed by atoms with Crippen LogP contribution in [0.1, 0.15) is 101 Å². The van der Waals surface area contributed by atoms with Gasteiger partial charge in [0.05, 0.1) is 46.1 Å². The maximum Gasteiger partial charge on any atom is 0.262 e. The summed E-state index contributed by atoms with van der Waals surface area (Å²) in [6.07, 6.45) is 5.13. The summed E-state index contributed by atoms with van der Waals surface area (Å²) in [4.78, 5) is 71.1. The van der Waals surface area contributed by atoms with Gasteiger partial charge in [-0.15, -0.1) is 0 Å². The summed E-state index contributed by atoms with van der Waals surface area (Å²) in [6.45, 7) is 10.6. The number of fused-ring (bicyclic) bond motifs is 2. The molecule has 15 nitrogen and oxygen atoms in total. The third-order valence-corrected chi connectivity index (χ3v) is 12.2. The largest absolute Gasteiger partial charge is 0.494 e. The van der Waals surface area contributed by atoms with Crippen molar-refractivity contribution in [1.29, 1.82) is 5.26 Å². The Bertz CT molecular complexity index is 2400. The van der Waals surface area contributed by atoms with Crippen LogP contribution in [0, 0.1) is 22.2 Å². The number of pyridine rings is 1. The van der Waals surface area contributed by atoms with Crippen LogP contribution in [0.3, 0.4) is 0 Å². The maximum atomic E-state index is 13.4. The normalized spacial score (nSPS) is 21.3. The third-order valence-electron chi connectivity index (χ3n) is 11.9. The molecule has 2 aromatic carbocycles. The second-order valence-electron chi connectivity index (χ2n) is 16.6. The van der Waals surface area contributed by atoms with E-state index < -0.39 is 40.5 Å². The minimum atomic E-state index is -1.01. The van der Waals surface area contributed by atoms with E-state index in [0.29, 0.717) is 53.9 Å². The number of nitriles is 1. The van der Waals surface area contributed by atoms with Crippen LogP contribution >= 0.6 is 11.6 Å². The fourth-order valence-electron chi connectivity index (χ4n) is 9.11. The standard InChI is InChI=1S/C43H43ClN8O7/c1-42(2)40(43(3,4)41(42)59-28-9-7-24(19-45)31(44)18-28)48-36(54)25-8-13-34(46-20-25)50-21-26-22-51(49-32(26)23-50)15-5-6-16-58-27-10-11-29-30(17-27)39(57)52(38(29)56)33-12-14-35(53)47-37(33)55/h7-11,13,17-18,20,22,33,40-41H,5-6,12,14-16,21,23H2,1-4H3,(H,48,54)(H,47,53,55). The van der Waals surface area contributed by atoms with Crippen LogP contribution in [0.25, 0.3) is 0 Å². The molecule has 8 rings (SSSR count).